The molecular weight excluding hydrogens is 234 g/mol. The van der Waals surface area contributed by atoms with Crippen LogP contribution in [-0.2, 0) is 13.1 Å². The van der Waals surface area contributed by atoms with E-state index in [0.717, 1.165) is 28.6 Å². The van der Waals surface area contributed by atoms with E-state index in [0.29, 0.717) is 6.54 Å². The maximum absolute atomic E-state index is 5.67. The summed E-state index contributed by atoms with van der Waals surface area (Å²) < 4.78 is 0. The lowest BCUT2D eigenvalue weighted by molar-refractivity contribution is 0.845. The summed E-state index contributed by atoms with van der Waals surface area (Å²) in [5.41, 5.74) is 7.66. The predicted molar refractivity (Wildman–Crippen MR) is 68.9 cm³/mol. The van der Waals surface area contributed by atoms with Crippen molar-refractivity contribution >= 4 is 17.2 Å². The molecule has 2 N–H and O–H groups in total. The lowest BCUT2D eigenvalue weighted by Gasteiger charge is -2.19. The van der Waals surface area contributed by atoms with E-state index < -0.39 is 0 Å². The van der Waals surface area contributed by atoms with E-state index in [1.165, 1.54) is 6.33 Å². The lowest BCUT2D eigenvalue weighted by atomic mass is 10.3. The van der Waals surface area contributed by atoms with Crippen molar-refractivity contribution in [3.05, 3.63) is 34.2 Å². The van der Waals surface area contributed by atoms with Crippen LogP contribution in [0.3, 0.4) is 0 Å². The number of anilines is 1. The van der Waals surface area contributed by atoms with Crippen molar-refractivity contribution < 1.29 is 0 Å². The number of thiazole rings is 1. The number of rotatable bonds is 4. The molecule has 2 heterocycles. The normalized spacial score (nSPS) is 10.5. The number of hydrogen-bond acceptors (Lipinski definition) is 6. The van der Waals surface area contributed by atoms with Crippen molar-refractivity contribution in [3.8, 4) is 0 Å². The van der Waals surface area contributed by atoms with Crippen molar-refractivity contribution in [1.82, 2.24) is 15.0 Å². The average molecular weight is 249 g/mol. The Balaban J connectivity index is 2.16. The summed E-state index contributed by atoms with van der Waals surface area (Å²) in [5.74, 6) is 0.869. The van der Waals surface area contributed by atoms with E-state index in [9.17, 15) is 0 Å². The number of aromatic nitrogens is 3. The third kappa shape index (κ3) is 2.78. The van der Waals surface area contributed by atoms with E-state index in [1.54, 1.807) is 17.5 Å². The topological polar surface area (TPSA) is 67.9 Å². The molecule has 0 aliphatic carbocycles. The zero-order valence-electron chi connectivity index (χ0n) is 9.92. The van der Waals surface area contributed by atoms with Gasteiger partial charge in [-0.15, -0.1) is 11.3 Å². The summed E-state index contributed by atoms with van der Waals surface area (Å²) in [5, 5.41) is 3.14. The molecule has 0 spiro atoms. The van der Waals surface area contributed by atoms with Gasteiger partial charge in [-0.05, 0) is 6.92 Å². The third-order valence-corrected chi connectivity index (χ3v) is 3.23. The van der Waals surface area contributed by atoms with Gasteiger partial charge in [-0.1, -0.05) is 0 Å². The Bertz CT molecular complexity index is 496. The molecule has 0 saturated heterocycles. The smallest absolute Gasteiger partial charge is 0.136 e. The molecule has 0 fully saturated rings. The van der Waals surface area contributed by atoms with Gasteiger partial charge >= 0.3 is 0 Å². The van der Waals surface area contributed by atoms with Crippen molar-refractivity contribution in [2.75, 3.05) is 11.9 Å². The van der Waals surface area contributed by atoms with Crippen LogP contribution in [0.4, 0.5) is 5.82 Å². The summed E-state index contributed by atoms with van der Waals surface area (Å²) in [6, 6.07) is 0. The Kier molecular flexibility index (Phi) is 3.65. The van der Waals surface area contributed by atoms with Gasteiger partial charge in [-0.2, -0.15) is 0 Å². The molecule has 2 aromatic heterocycles. The minimum atomic E-state index is 0.441. The molecule has 5 nitrogen and oxygen atoms in total. The molecule has 0 aromatic carbocycles. The molecule has 6 heteroatoms. The molecule has 0 saturated carbocycles. The number of aryl methyl sites for hydroxylation is 1. The highest BCUT2D eigenvalue weighted by molar-refractivity contribution is 7.09. The van der Waals surface area contributed by atoms with E-state index in [1.807, 2.05) is 18.9 Å². The Morgan fingerprint density at radius 2 is 2.29 bits per heavy atom. The van der Waals surface area contributed by atoms with Gasteiger partial charge in [0.15, 0.2) is 0 Å². The summed E-state index contributed by atoms with van der Waals surface area (Å²) in [6.07, 6.45) is 3.29. The van der Waals surface area contributed by atoms with Crippen LogP contribution >= 0.6 is 11.3 Å². The van der Waals surface area contributed by atoms with Crippen LogP contribution in [0.2, 0.25) is 0 Å². The molecule has 0 radical (unpaired) electrons. The first kappa shape index (κ1) is 11.9. The van der Waals surface area contributed by atoms with Gasteiger partial charge in [0.05, 0.1) is 17.2 Å². The van der Waals surface area contributed by atoms with Gasteiger partial charge < -0.3 is 10.6 Å². The molecule has 0 aliphatic rings. The lowest BCUT2D eigenvalue weighted by Crippen LogP contribution is -2.20. The Labute approximate surface area is 104 Å². The van der Waals surface area contributed by atoms with Gasteiger partial charge in [0, 0.05) is 30.7 Å². The van der Waals surface area contributed by atoms with Crippen LogP contribution in [0.5, 0.6) is 0 Å². The van der Waals surface area contributed by atoms with Crippen molar-refractivity contribution in [2.45, 2.75) is 20.0 Å². The second kappa shape index (κ2) is 5.20. The zero-order valence-corrected chi connectivity index (χ0v) is 10.7. The van der Waals surface area contributed by atoms with Crippen LogP contribution in [0, 0.1) is 6.92 Å². The average Bonchev–Trinajstić information content (AvgIpc) is 2.74. The van der Waals surface area contributed by atoms with Crippen LogP contribution < -0.4 is 10.6 Å². The first-order chi connectivity index (χ1) is 8.20. The van der Waals surface area contributed by atoms with Crippen LogP contribution in [0.25, 0.3) is 0 Å². The molecule has 0 unspecified atom stereocenters. The Morgan fingerprint density at radius 3 is 2.94 bits per heavy atom. The van der Waals surface area contributed by atoms with Gasteiger partial charge in [0.25, 0.3) is 0 Å². The molecular formula is C11H15N5S. The highest BCUT2D eigenvalue weighted by atomic mass is 32.1. The molecule has 2 aromatic rings. The summed E-state index contributed by atoms with van der Waals surface area (Å²) >= 11 is 1.66. The number of nitrogens with zero attached hydrogens (tertiary/aromatic N) is 4. The van der Waals surface area contributed by atoms with Crippen molar-refractivity contribution in [3.63, 3.8) is 0 Å². The summed E-state index contributed by atoms with van der Waals surface area (Å²) in [6.45, 7) is 3.18. The maximum atomic E-state index is 5.67. The minimum Gasteiger partial charge on any atom is -0.353 e. The third-order valence-electron chi connectivity index (χ3n) is 2.41. The van der Waals surface area contributed by atoms with E-state index in [2.05, 4.69) is 20.3 Å². The van der Waals surface area contributed by atoms with Gasteiger partial charge in [-0.3, -0.25) is 0 Å². The fourth-order valence-corrected chi connectivity index (χ4v) is 2.24. The monoisotopic (exact) mass is 249 g/mol. The molecule has 0 bridgehead atoms. The highest BCUT2D eigenvalue weighted by Crippen LogP contribution is 2.17. The summed E-state index contributed by atoms with van der Waals surface area (Å²) in [7, 11) is 1.98. The molecule has 2 rings (SSSR count). The molecule has 0 aliphatic heterocycles. The van der Waals surface area contributed by atoms with Crippen LogP contribution in [0.15, 0.2) is 17.9 Å². The summed E-state index contributed by atoms with van der Waals surface area (Å²) in [4.78, 5) is 14.7. The second-order valence-corrected chi connectivity index (χ2v) is 4.85. The fraction of sp³-hybridized carbons (Fsp3) is 0.364. The SMILES string of the molecule is Cc1nc(CN(C)c2ncncc2CN)cs1. The highest BCUT2D eigenvalue weighted by Gasteiger charge is 2.09. The molecule has 0 atom stereocenters. The predicted octanol–water partition coefficient (Wildman–Crippen LogP) is 1.34. The quantitative estimate of drug-likeness (QED) is 0.885. The van der Waals surface area contributed by atoms with E-state index >= 15 is 0 Å². The van der Waals surface area contributed by atoms with Crippen molar-refractivity contribution in [2.24, 2.45) is 5.73 Å². The van der Waals surface area contributed by atoms with Gasteiger partial charge in [0.2, 0.25) is 0 Å². The number of nitrogens with two attached hydrogens (primary N) is 1. The largest absolute Gasteiger partial charge is 0.353 e. The van der Waals surface area contributed by atoms with Gasteiger partial charge in [-0.25, -0.2) is 15.0 Å². The Hall–Kier alpha value is -1.53. The fourth-order valence-electron chi connectivity index (χ4n) is 1.64. The minimum absolute atomic E-state index is 0.441. The van der Waals surface area contributed by atoms with E-state index in [4.69, 9.17) is 5.73 Å². The molecule has 17 heavy (non-hydrogen) atoms. The molecule has 90 valence electrons. The van der Waals surface area contributed by atoms with Crippen LogP contribution in [-0.4, -0.2) is 22.0 Å². The van der Waals surface area contributed by atoms with Crippen LogP contribution in [0.1, 0.15) is 16.3 Å². The zero-order chi connectivity index (χ0) is 12.3. The second-order valence-electron chi connectivity index (χ2n) is 3.79. The Morgan fingerprint density at radius 1 is 1.47 bits per heavy atom. The van der Waals surface area contributed by atoms with Gasteiger partial charge in [0.1, 0.15) is 12.1 Å². The first-order valence-corrected chi connectivity index (χ1v) is 6.19. The standard InChI is InChI=1S/C11H15N5S/c1-8-15-10(6-17-8)5-16(2)11-9(3-12)4-13-7-14-11/h4,6-7H,3,5,12H2,1-2H3. The maximum Gasteiger partial charge on any atom is 0.136 e. The van der Waals surface area contributed by atoms with E-state index in [-0.39, 0.29) is 0 Å². The first-order valence-electron chi connectivity index (χ1n) is 5.31. The van der Waals surface area contributed by atoms with Crippen molar-refractivity contribution in [1.29, 1.82) is 0 Å². The molecule has 0 amide bonds. The number of hydrogen-bond donors (Lipinski definition) is 1.